The van der Waals surface area contributed by atoms with Crippen molar-refractivity contribution in [2.24, 2.45) is 0 Å². The van der Waals surface area contributed by atoms with Crippen LogP contribution in [0.1, 0.15) is 11.1 Å². The van der Waals surface area contributed by atoms with Gasteiger partial charge in [0.1, 0.15) is 12.4 Å². The van der Waals surface area contributed by atoms with Crippen LogP contribution in [0.4, 0.5) is 5.69 Å². The summed E-state index contributed by atoms with van der Waals surface area (Å²) in [5, 5.41) is 0.669. The Hall–Kier alpha value is -1.64. The average Bonchev–Trinajstić information content (AvgIpc) is 3.02. The van der Waals surface area contributed by atoms with E-state index in [1.807, 2.05) is 72.8 Å². The molecule has 3 aromatic rings. The topological polar surface area (TPSA) is 29.5 Å². The molecule has 0 aliphatic carbocycles. The normalized spacial score (nSPS) is 15.1. The highest BCUT2D eigenvalue weighted by atomic mass is 79.9. The predicted octanol–water partition coefficient (Wildman–Crippen LogP) is 7.85. The molecule has 4 rings (SSSR count). The maximum absolute atomic E-state index is 12.9. The van der Waals surface area contributed by atoms with Crippen LogP contribution in [0.25, 0.3) is 6.08 Å². The van der Waals surface area contributed by atoms with Gasteiger partial charge in [0.2, 0.25) is 0 Å². The molecule has 1 aliphatic rings. The SMILES string of the molecule is O=C1/C(=C\c2ccc(OCc3ccccc3Cl)c(Br)c2)SC(=S)N1c1ccc(Br)cc1. The summed E-state index contributed by atoms with van der Waals surface area (Å²) in [6.07, 6.45) is 1.83. The van der Waals surface area contributed by atoms with Crippen LogP contribution in [0, 0.1) is 0 Å². The van der Waals surface area contributed by atoms with Crippen LogP contribution >= 0.6 is 67.4 Å². The lowest BCUT2D eigenvalue weighted by atomic mass is 10.2. The monoisotopic (exact) mass is 593 g/mol. The molecule has 0 aromatic heterocycles. The zero-order valence-corrected chi connectivity index (χ0v) is 21.4. The number of nitrogens with zero attached hydrogens (tertiary/aromatic N) is 1. The summed E-state index contributed by atoms with van der Waals surface area (Å²) < 4.78 is 8.14. The minimum absolute atomic E-state index is 0.132. The Balaban J connectivity index is 1.50. The molecular weight excluding hydrogens is 582 g/mol. The Morgan fingerprint density at radius 2 is 1.81 bits per heavy atom. The fourth-order valence-electron chi connectivity index (χ4n) is 2.93. The van der Waals surface area contributed by atoms with Gasteiger partial charge in [0.15, 0.2) is 4.32 Å². The number of carbonyl (C=O) groups excluding carboxylic acids is 1. The molecule has 3 aromatic carbocycles. The number of anilines is 1. The number of hydrogen-bond donors (Lipinski definition) is 0. The van der Waals surface area contributed by atoms with Gasteiger partial charge in [-0.25, -0.2) is 0 Å². The Bertz CT molecular complexity index is 1200. The molecule has 1 amide bonds. The number of carbonyl (C=O) groups is 1. The first kappa shape index (κ1) is 22.6. The van der Waals surface area contributed by atoms with E-state index in [0.29, 0.717) is 26.6 Å². The average molecular weight is 596 g/mol. The van der Waals surface area contributed by atoms with E-state index < -0.39 is 0 Å². The van der Waals surface area contributed by atoms with Crippen molar-refractivity contribution in [1.82, 2.24) is 0 Å². The molecule has 1 fully saturated rings. The molecule has 0 atom stereocenters. The van der Waals surface area contributed by atoms with Crippen molar-refractivity contribution in [2.75, 3.05) is 4.90 Å². The van der Waals surface area contributed by atoms with Crippen LogP contribution < -0.4 is 9.64 Å². The first-order valence-electron chi connectivity index (χ1n) is 9.11. The third-order valence-corrected chi connectivity index (χ3v) is 7.29. The number of ether oxygens (including phenoxy) is 1. The van der Waals surface area contributed by atoms with E-state index in [-0.39, 0.29) is 5.91 Å². The first-order chi connectivity index (χ1) is 14.9. The van der Waals surface area contributed by atoms with Gasteiger partial charge in [-0.3, -0.25) is 9.69 Å². The van der Waals surface area contributed by atoms with Crippen LogP contribution in [-0.2, 0) is 11.4 Å². The lowest BCUT2D eigenvalue weighted by molar-refractivity contribution is -0.113. The molecule has 0 radical (unpaired) electrons. The van der Waals surface area contributed by atoms with Gasteiger partial charge in [-0.05, 0) is 70.0 Å². The Morgan fingerprint density at radius 3 is 2.52 bits per heavy atom. The Morgan fingerprint density at radius 1 is 1.06 bits per heavy atom. The Labute approximate surface area is 211 Å². The highest BCUT2D eigenvalue weighted by molar-refractivity contribution is 9.10. The summed E-state index contributed by atoms with van der Waals surface area (Å²) in [7, 11) is 0. The molecule has 1 heterocycles. The molecule has 0 N–H and O–H groups in total. The third-order valence-electron chi connectivity index (χ3n) is 4.47. The molecule has 3 nitrogen and oxygen atoms in total. The van der Waals surface area contributed by atoms with Crippen LogP contribution in [0.2, 0.25) is 5.02 Å². The lowest BCUT2D eigenvalue weighted by Gasteiger charge is -2.14. The fraction of sp³-hybridized carbons (Fsp3) is 0.0435. The number of hydrogen-bond acceptors (Lipinski definition) is 4. The largest absolute Gasteiger partial charge is 0.488 e. The number of halogens is 3. The number of amides is 1. The van der Waals surface area contributed by atoms with Crippen molar-refractivity contribution in [2.45, 2.75) is 6.61 Å². The summed E-state index contributed by atoms with van der Waals surface area (Å²) in [6, 6.07) is 20.7. The molecular formula is C23H14Br2ClNO2S2. The zero-order chi connectivity index (χ0) is 22.0. The van der Waals surface area contributed by atoms with Gasteiger partial charge < -0.3 is 4.74 Å². The highest BCUT2D eigenvalue weighted by Crippen LogP contribution is 2.37. The fourth-order valence-corrected chi connectivity index (χ4v) is 5.19. The van der Waals surface area contributed by atoms with Crippen LogP contribution in [-0.4, -0.2) is 10.2 Å². The van der Waals surface area contributed by atoms with E-state index in [9.17, 15) is 4.79 Å². The maximum atomic E-state index is 12.9. The van der Waals surface area contributed by atoms with Crippen LogP contribution in [0.5, 0.6) is 5.75 Å². The van der Waals surface area contributed by atoms with E-state index in [2.05, 4.69) is 31.9 Å². The van der Waals surface area contributed by atoms with Gasteiger partial charge in [-0.1, -0.05) is 75.8 Å². The highest BCUT2D eigenvalue weighted by Gasteiger charge is 2.33. The minimum Gasteiger partial charge on any atom is -0.488 e. The molecule has 0 bridgehead atoms. The van der Waals surface area contributed by atoms with Crippen molar-refractivity contribution in [3.63, 3.8) is 0 Å². The van der Waals surface area contributed by atoms with Gasteiger partial charge in [-0.15, -0.1) is 0 Å². The minimum atomic E-state index is -0.132. The van der Waals surface area contributed by atoms with E-state index in [4.69, 9.17) is 28.6 Å². The first-order valence-corrected chi connectivity index (χ1v) is 12.3. The van der Waals surface area contributed by atoms with Gasteiger partial charge in [-0.2, -0.15) is 0 Å². The van der Waals surface area contributed by atoms with Crippen molar-refractivity contribution in [1.29, 1.82) is 0 Å². The van der Waals surface area contributed by atoms with Crippen molar-refractivity contribution in [3.05, 3.63) is 96.7 Å². The lowest BCUT2D eigenvalue weighted by Crippen LogP contribution is -2.27. The summed E-state index contributed by atoms with van der Waals surface area (Å²) in [6.45, 7) is 0.365. The molecule has 156 valence electrons. The van der Waals surface area contributed by atoms with E-state index in [0.717, 1.165) is 25.8 Å². The quantitative estimate of drug-likeness (QED) is 0.222. The number of benzene rings is 3. The summed E-state index contributed by atoms with van der Waals surface area (Å²) in [4.78, 5) is 15.1. The molecule has 0 unspecified atom stereocenters. The molecule has 0 saturated carbocycles. The van der Waals surface area contributed by atoms with Gasteiger partial charge in [0.25, 0.3) is 5.91 Å². The van der Waals surface area contributed by atoms with Gasteiger partial charge in [0.05, 0.1) is 15.1 Å². The second-order valence-corrected chi connectivity index (χ2v) is 10.4. The summed E-state index contributed by atoms with van der Waals surface area (Å²) >= 11 is 19.9. The summed E-state index contributed by atoms with van der Waals surface area (Å²) in [5.74, 6) is 0.562. The molecule has 8 heteroatoms. The van der Waals surface area contributed by atoms with Crippen LogP contribution in [0.3, 0.4) is 0 Å². The van der Waals surface area contributed by atoms with Crippen molar-refractivity contribution >= 4 is 89.4 Å². The number of thioether (sulfide) groups is 1. The second kappa shape index (κ2) is 9.88. The standard InChI is InChI=1S/C23H14Br2ClNO2S2/c24-16-6-8-17(9-7-16)27-22(28)21(31-23(27)30)12-14-5-10-20(18(25)11-14)29-13-15-3-1-2-4-19(15)26/h1-12H,13H2/b21-12+. The van der Waals surface area contributed by atoms with Gasteiger partial charge >= 0.3 is 0 Å². The predicted molar refractivity (Wildman–Crippen MR) is 140 cm³/mol. The zero-order valence-electron chi connectivity index (χ0n) is 15.8. The molecule has 31 heavy (non-hydrogen) atoms. The molecule has 1 aliphatic heterocycles. The third kappa shape index (κ3) is 5.23. The van der Waals surface area contributed by atoms with Gasteiger partial charge in [0, 0.05) is 15.1 Å². The van der Waals surface area contributed by atoms with E-state index >= 15 is 0 Å². The number of thiocarbonyl (C=S) groups is 1. The van der Waals surface area contributed by atoms with Crippen LogP contribution in [0.15, 0.2) is 80.6 Å². The molecule has 0 spiro atoms. The van der Waals surface area contributed by atoms with E-state index in [1.165, 1.54) is 11.8 Å². The number of rotatable bonds is 5. The summed E-state index contributed by atoms with van der Waals surface area (Å²) in [5.41, 5.74) is 2.53. The molecule has 1 saturated heterocycles. The van der Waals surface area contributed by atoms with Crippen molar-refractivity contribution in [3.8, 4) is 5.75 Å². The Kier molecular flexibility index (Phi) is 7.19. The second-order valence-electron chi connectivity index (χ2n) is 6.56. The van der Waals surface area contributed by atoms with Crippen molar-refractivity contribution < 1.29 is 9.53 Å². The van der Waals surface area contributed by atoms with E-state index in [1.54, 1.807) is 4.90 Å². The maximum Gasteiger partial charge on any atom is 0.270 e. The smallest absolute Gasteiger partial charge is 0.270 e.